The van der Waals surface area contributed by atoms with E-state index < -0.39 is 0 Å². The van der Waals surface area contributed by atoms with Crippen LogP contribution in [-0.2, 0) is 9.53 Å². The molecule has 2 heterocycles. The number of carbonyl (C=O) groups is 2. The number of aryl methyl sites for hydroxylation is 3. The van der Waals surface area contributed by atoms with Crippen LogP contribution in [0.1, 0.15) is 47.2 Å². The molecule has 0 saturated carbocycles. The van der Waals surface area contributed by atoms with Gasteiger partial charge in [-0.2, -0.15) is 5.10 Å². The second kappa shape index (κ2) is 12.3. The third kappa shape index (κ3) is 6.76. The third-order valence-electron chi connectivity index (χ3n) is 7.20. The van der Waals surface area contributed by atoms with Crippen molar-refractivity contribution in [2.45, 2.75) is 40.2 Å². The molecule has 0 unspecified atom stereocenters. The fourth-order valence-electron chi connectivity index (χ4n) is 4.72. The van der Waals surface area contributed by atoms with E-state index in [1.54, 1.807) is 9.91 Å². The van der Waals surface area contributed by atoms with Crippen LogP contribution in [0, 0.1) is 20.8 Å². The van der Waals surface area contributed by atoms with Crippen LogP contribution in [0.4, 0.5) is 4.79 Å². The number of morpholine rings is 1. The summed E-state index contributed by atoms with van der Waals surface area (Å²) >= 11 is 0. The summed E-state index contributed by atoms with van der Waals surface area (Å²) in [5.74, 6) is -0.183. The summed E-state index contributed by atoms with van der Waals surface area (Å²) in [5, 5.41) is 9.29. The van der Waals surface area contributed by atoms with Crippen molar-refractivity contribution in [2.24, 2.45) is 5.10 Å². The van der Waals surface area contributed by atoms with Crippen molar-refractivity contribution in [2.75, 3.05) is 52.5 Å². The Morgan fingerprint density at radius 3 is 2.46 bits per heavy atom. The molecule has 2 aromatic rings. The predicted molar refractivity (Wildman–Crippen MR) is 146 cm³/mol. The molecule has 0 aliphatic carbocycles. The van der Waals surface area contributed by atoms with Gasteiger partial charge in [0.2, 0.25) is 0 Å². The lowest BCUT2D eigenvalue weighted by atomic mass is 9.96. The van der Waals surface area contributed by atoms with Gasteiger partial charge in [-0.05, 0) is 56.0 Å². The molecular weight excluding hydrogens is 466 g/mol. The largest absolute Gasteiger partial charge is 0.379 e. The van der Waals surface area contributed by atoms with E-state index in [0.717, 1.165) is 29.9 Å². The number of carbonyl (C=O) groups excluding carboxylic acids is 2. The van der Waals surface area contributed by atoms with Gasteiger partial charge in [-0.15, -0.1) is 0 Å². The molecule has 8 heteroatoms. The molecule has 1 fully saturated rings. The molecule has 2 aliphatic heterocycles. The van der Waals surface area contributed by atoms with Crippen LogP contribution in [0.3, 0.4) is 0 Å². The average molecular weight is 506 g/mol. The number of hydrogen-bond acceptors (Lipinski definition) is 5. The van der Waals surface area contributed by atoms with Crippen LogP contribution >= 0.6 is 0 Å². The standard InChI is InChI=1S/C29H39N5O3/c1-5-30-29(36)33(13-12-32-14-16-37-17-15-32)20-28(35)34-27(24-9-6-21(2)7-10-24)19-26(31-34)25-11-8-22(3)23(4)18-25/h6-11,18,27H,5,12-17,19-20H2,1-4H3,(H,30,36)/t27-/m1/s1. The molecule has 1 saturated heterocycles. The van der Waals surface area contributed by atoms with Gasteiger partial charge < -0.3 is 15.0 Å². The Morgan fingerprint density at radius 2 is 1.78 bits per heavy atom. The van der Waals surface area contributed by atoms with Crippen molar-refractivity contribution in [3.8, 4) is 0 Å². The van der Waals surface area contributed by atoms with E-state index in [9.17, 15) is 9.59 Å². The van der Waals surface area contributed by atoms with Crippen LogP contribution < -0.4 is 5.32 Å². The maximum Gasteiger partial charge on any atom is 0.317 e. The maximum absolute atomic E-state index is 13.7. The van der Waals surface area contributed by atoms with E-state index in [4.69, 9.17) is 9.84 Å². The van der Waals surface area contributed by atoms with E-state index >= 15 is 0 Å². The van der Waals surface area contributed by atoms with Crippen LogP contribution in [-0.4, -0.2) is 84.9 Å². The Morgan fingerprint density at radius 1 is 1.05 bits per heavy atom. The zero-order chi connectivity index (χ0) is 26.4. The summed E-state index contributed by atoms with van der Waals surface area (Å²) in [5.41, 5.74) is 6.55. The molecule has 1 atom stereocenters. The lowest BCUT2D eigenvalue weighted by molar-refractivity contribution is -0.133. The SMILES string of the molecule is CCNC(=O)N(CCN1CCOCC1)CC(=O)N1N=C(c2ccc(C)c(C)c2)C[C@@H]1c1ccc(C)cc1. The summed E-state index contributed by atoms with van der Waals surface area (Å²) in [4.78, 5) is 30.5. The highest BCUT2D eigenvalue weighted by atomic mass is 16.5. The molecule has 0 spiro atoms. The summed E-state index contributed by atoms with van der Waals surface area (Å²) < 4.78 is 5.44. The van der Waals surface area contributed by atoms with Gasteiger partial charge in [0.25, 0.3) is 5.91 Å². The van der Waals surface area contributed by atoms with Gasteiger partial charge >= 0.3 is 6.03 Å². The fourth-order valence-corrected chi connectivity index (χ4v) is 4.72. The number of hydrogen-bond donors (Lipinski definition) is 1. The zero-order valence-electron chi connectivity index (χ0n) is 22.5. The zero-order valence-corrected chi connectivity index (χ0v) is 22.5. The molecule has 2 aliphatic rings. The number of hydrazone groups is 1. The fraction of sp³-hybridized carbons (Fsp3) is 0.483. The van der Waals surface area contributed by atoms with Crippen molar-refractivity contribution in [3.05, 3.63) is 70.3 Å². The van der Waals surface area contributed by atoms with Gasteiger partial charge in [0.15, 0.2) is 0 Å². The van der Waals surface area contributed by atoms with Crippen LogP contribution in [0.5, 0.6) is 0 Å². The summed E-state index contributed by atoms with van der Waals surface area (Å²) in [6.45, 7) is 12.8. The molecule has 0 bridgehead atoms. The number of nitrogens with zero attached hydrogens (tertiary/aromatic N) is 4. The normalized spacial score (nSPS) is 18.0. The van der Waals surface area contributed by atoms with E-state index in [1.165, 1.54) is 16.7 Å². The highest BCUT2D eigenvalue weighted by Gasteiger charge is 2.34. The molecule has 2 aromatic carbocycles. The summed E-state index contributed by atoms with van der Waals surface area (Å²) in [6, 6.07) is 14.1. The second-order valence-corrected chi connectivity index (χ2v) is 9.93. The van der Waals surface area contributed by atoms with Gasteiger partial charge in [0.05, 0.1) is 25.0 Å². The first-order valence-electron chi connectivity index (χ1n) is 13.2. The van der Waals surface area contributed by atoms with Crippen molar-refractivity contribution in [1.29, 1.82) is 0 Å². The minimum absolute atomic E-state index is 0.0256. The minimum atomic E-state index is -0.228. The molecule has 0 aromatic heterocycles. The van der Waals surface area contributed by atoms with E-state index in [-0.39, 0.29) is 24.5 Å². The number of benzene rings is 2. The quantitative estimate of drug-likeness (QED) is 0.594. The number of rotatable bonds is 8. The van der Waals surface area contributed by atoms with Gasteiger partial charge in [-0.3, -0.25) is 9.69 Å². The Bertz CT molecular complexity index is 1120. The number of ether oxygens (including phenoxy) is 1. The number of urea groups is 1. The monoisotopic (exact) mass is 505 g/mol. The molecular formula is C29H39N5O3. The predicted octanol–water partition coefficient (Wildman–Crippen LogP) is 3.65. The van der Waals surface area contributed by atoms with Gasteiger partial charge in [0, 0.05) is 39.1 Å². The van der Waals surface area contributed by atoms with Crippen LogP contribution in [0.2, 0.25) is 0 Å². The molecule has 37 heavy (non-hydrogen) atoms. The summed E-state index contributed by atoms with van der Waals surface area (Å²) in [7, 11) is 0. The highest BCUT2D eigenvalue weighted by molar-refractivity contribution is 6.03. The average Bonchev–Trinajstić information content (AvgIpc) is 3.35. The van der Waals surface area contributed by atoms with Crippen molar-refractivity contribution < 1.29 is 14.3 Å². The molecule has 4 rings (SSSR count). The molecule has 198 valence electrons. The Balaban J connectivity index is 1.56. The van der Waals surface area contributed by atoms with Crippen molar-refractivity contribution in [3.63, 3.8) is 0 Å². The molecule has 0 radical (unpaired) electrons. The van der Waals surface area contributed by atoms with Crippen LogP contribution in [0.25, 0.3) is 0 Å². The molecule has 8 nitrogen and oxygen atoms in total. The topological polar surface area (TPSA) is 77.5 Å². The number of amides is 3. The smallest absolute Gasteiger partial charge is 0.317 e. The van der Waals surface area contributed by atoms with Gasteiger partial charge in [0.1, 0.15) is 6.54 Å². The van der Waals surface area contributed by atoms with E-state index in [1.807, 2.05) is 6.92 Å². The molecule has 3 amide bonds. The van der Waals surface area contributed by atoms with Crippen molar-refractivity contribution in [1.82, 2.24) is 20.1 Å². The minimum Gasteiger partial charge on any atom is -0.379 e. The van der Waals surface area contributed by atoms with E-state index in [2.05, 4.69) is 73.5 Å². The Hall–Kier alpha value is -3.23. The molecule has 1 N–H and O–H groups in total. The number of nitrogens with one attached hydrogen (secondary N) is 1. The lowest BCUT2D eigenvalue weighted by Crippen LogP contribution is -2.49. The first kappa shape index (κ1) is 26.8. The van der Waals surface area contributed by atoms with Gasteiger partial charge in [-0.1, -0.05) is 42.0 Å². The van der Waals surface area contributed by atoms with Gasteiger partial charge in [-0.25, -0.2) is 9.80 Å². The maximum atomic E-state index is 13.7. The highest BCUT2D eigenvalue weighted by Crippen LogP contribution is 2.33. The summed E-state index contributed by atoms with van der Waals surface area (Å²) in [6.07, 6.45) is 0.631. The van der Waals surface area contributed by atoms with Crippen molar-refractivity contribution >= 4 is 17.6 Å². The first-order chi connectivity index (χ1) is 17.9. The van der Waals surface area contributed by atoms with Crippen LogP contribution in [0.15, 0.2) is 47.6 Å². The second-order valence-electron chi connectivity index (χ2n) is 9.93. The first-order valence-corrected chi connectivity index (χ1v) is 13.2. The Labute approximate surface area is 220 Å². The Kier molecular flexibility index (Phi) is 8.95. The lowest BCUT2D eigenvalue weighted by Gasteiger charge is -2.31. The van der Waals surface area contributed by atoms with E-state index in [0.29, 0.717) is 39.3 Å². The third-order valence-corrected chi connectivity index (χ3v) is 7.20.